The zero-order valence-corrected chi connectivity index (χ0v) is 22.8. The van der Waals surface area contributed by atoms with Crippen molar-refractivity contribution in [2.45, 2.75) is 18.7 Å². The maximum Gasteiger partial charge on any atom is 0.408 e. The van der Waals surface area contributed by atoms with E-state index in [4.69, 9.17) is 9.47 Å². The smallest absolute Gasteiger partial charge is 0.408 e. The Labute approximate surface area is 228 Å². The van der Waals surface area contributed by atoms with Crippen LogP contribution in [0.1, 0.15) is 11.6 Å². The number of para-hydroxylation sites is 1. The van der Waals surface area contributed by atoms with Crippen molar-refractivity contribution in [3.05, 3.63) is 109 Å². The van der Waals surface area contributed by atoms with Gasteiger partial charge < -0.3 is 24.1 Å². The van der Waals surface area contributed by atoms with Crippen LogP contribution in [-0.2, 0) is 4.74 Å². The third kappa shape index (κ3) is 5.86. The lowest BCUT2D eigenvalue weighted by Gasteiger charge is -2.22. The van der Waals surface area contributed by atoms with E-state index >= 15 is 0 Å². The molecule has 0 saturated heterocycles. The van der Waals surface area contributed by atoms with Crippen LogP contribution in [0.25, 0.3) is 27.4 Å². The first-order valence-electron chi connectivity index (χ1n) is 12.5. The molecular weight excluding hydrogens is 516 g/mol. The van der Waals surface area contributed by atoms with Gasteiger partial charge in [0.05, 0.1) is 18.6 Å². The predicted octanol–water partition coefficient (Wildman–Crippen LogP) is 7.68. The van der Waals surface area contributed by atoms with E-state index in [1.807, 2.05) is 53.2 Å². The molecule has 0 saturated carbocycles. The van der Waals surface area contributed by atoms with E-state index in [1.54, 1.807) is 19.2 Å². The summed E-state index contributed by atoms with van der Waals surface area (Å²) in [6.45, 7) is 6.14. The van der Waals surface area contributed by atoms with E-state index in [2.05, 4.69) is 41.7 Å². The molecule has 0 radical (unpaired) electrons. The quantitative estimate of drug-likeness (QED) is 0.111. The second-order valence-electron chi connectivity index (χ2n) is 9.08. The van der Waals surface area contributed by atoms with Crippen LogP contribution < -0.4 is 14.8 Å². The molecule has 0 fully saturated rings. The number of ether oxygens (including phenoxy) is 3. The van der Waals surface area contributed by atoms with Gasteiger partial charge in [0.2, 0.25) is 0 Å². The number of benzene rings is 4. The fourth-order valence-corrected chi connectivity index (χ4v) is 4.89. The van der Waals surface area contributed by atoms with Crippen molar-refractivity contribution in [2.24, 2.45) is 0 Å². The Morgan fingerprint density at radius 1 is 1.00 bits per heavy atom. The van der Waals surface area contributed by atoms with E-state index in [0.717, 1.165) is 51.6 Å². The van der Waals surface area contributed by atoms with Crippen LogP contribution >= 0.6 is 9.24 Å². The summed E-state index contributed by atoms with van der Waals surface area (Å²) in [6, 6.07) is 26.5. The second-order valence-corrected chi connectivity index (χ2v) is 9.75. The molecule has 9 heteroatoms. The SMILES string of the molecule is C=C(Nc1ccc2c(ccc3c2ccn3-c2ccc(OC(F)(F)P)cc2)c1)OC(BC)c1ccccc1OC. The van der Waals surface area contributed by atoms with E-state index in [0.29, 0.717) is 5.88 Å². The average molecular weight is 544 g/mol. The standard InChI is InChI=1S/C30H28BF2N2O3P/c1-19(37-29(31-2)26-6-4-5-7-28(26)36-3)34-21-9-14-24-20(18-21)8-15-27-25(24)16-17-35(27)22-10-12-23(13-11-22)38-30(32,33)39/h4-18,29,31,34H,1,39H2,2-3H3. The molecule has 1 aromatic heterocycles. The molecule has 0 spiro atoms. The first-order valence-corrected chi connectivity index (χ1v) is 13.1. The maximum absolute atomic E-state index is 13.1. The maximum atomic E-state index is 13.1. The van der Waals surface area contributed by atoms with E-state index in [-0.39, 0.29) is 11.8 Å². The molecular formula is C30H28BF2N2O3P. The number of hydrogen-bond acceptors (Lipinski definition) is 4. The molecule has 2 unspecified atom stereocenters. The van der Waals surface area contributed by atoms with Crippen LogP contribution in [-0.4, -0.2) is 24.8 Å². The van der Waals surface area contributed by atoms with E-state index in [1.165, 1.54) is 21.4 Å². The van der Waals surface area contributed by atoms with E-state index in [9.17, 15) is 8.78 Å². The first-order chi connectivity index (χ1) is 18.8. The highest BCUT2D eigenvalue weighted by molar-refractivity contribution is 7.17. The highest BCUT2D eigenvalue weighted by Gasteiger charge is 2.23. The predicted molar refractivity (Wildman–Crippen MR) is 159 cm³/mol. The first kappa shape index (κ1) is 26.6. The molecule has 0 bridgehead atoms. The zero-order chi connectivity index (χ0) is 27.6. The Morgan fingerprint density at radius 3 is 2.49 bits per heavy atom. The number of alkyl halides is 2. The van der Waals surface area contributed by atoms with Gasteiger partial charge in [-0.05, 0) is 81.2 Å². The summed E-state index contributed by atoms with van der Waals surface area (Å²) in [7, 11) is 3.79. The number of fused-ring (bicyclic) bond motifs is 3. The minimum atomic E-state index is -3.31. The lowest BCUT2D eigenvalue weighted by molar-refractivity contribution is -0.0892. The number of methoxy groups -OCH3 is 1. The number of nitrogens with zero attached hydrogens (tertiary/aromatic N) is 1. The van der Waals surface area contributed by atoms with Crippen LogP contribution in [0.5, 0.6) is 11.5 Å². The largest absolute Gasteiger partial charge is 0.496 e. The molecule has 5 nitrogen and oxygen atoms in total. The lowest BCUT2D eigenvalue weighted by atomic mass is 9.71. The summed E-state index contributed by atoms with van der Waals surface area (Å²) in [5, 5.41) is 6.50. The van der Waals surface area contributed by atoms with Crippen molar-refractivity contribution >= 4 is 43.9 Å². The Morgan fingerprint density at radius 2 is 1.77 bits per heavy atom. The topological polar surface area (TPSA) is 44.7 Å². The molecule has 0 amide bonds. The van der Waals surface area contributed by atoms with Gasteiger partial charge in [-0.3, -0.25) is 0 Å². The Bertz CT molecular complexity index is 1630. The number of hydrogen-bond donors (Lipinski definition) is 1. The molecule has 5 aromatic rings. The van der Waals surface area contributed by atoms with E-state index < -0.39 is 5.85 Å². The molecule has 0 aliphatic carbocycles. The minimum Gasteiger partial charge on any atom is -0.496 e. The molecule has 1 N–H and O–H groups in total. The normalized spacial score (nSPS) is 12.2. The summed E-state index contributed by atoms with van der Waals surface area (Å²) in [4.78, 5) is 0. The second kappa shape index (κ2) is 11.0. The van der Waals surface area contributed by atoms with Crippen molar-refractivity contribution < 1.29 is 23.0 Å². The van der Waals surface area contributed by atoms with Gasteiger partial charge in [-0.1, -0.05) is 37.2 Å². The molecule has 1 heterocycles. The van der Waals surface area contributed by atoms with Gasteiger partial charge in [0, 0.05) is 28.5 Å². The molecule has 4 aromatic carbocycles. The van der Waals surface area contributed by atoms with Crippen LogP contribution in [0, 0.1) is 0 Å². The third-order valence-electron chi connectivity index (χ3n) is 6.48. The summed E-state index contributed by atoms with van der Waals surface area (Å²) in [6.07, 6.45) is 1.97. The number of rotatable bonds is 10. The lowest BCUT2D eigenvalue weighted by Crippen LogP contribution is -2.14. The highest BCUT2D eigenvalue weighted by Crippen LogP contribution is 2.33. The monoisotopic (exact) mass is 544 g/mol. The fraction of sp³-hybridized carbons (Fsp3) is 0.133. The van der Waals surface area contributed by atoms with Crippen LogP contribution in [0.15, 0.2) is 104 Å². The van der Waals surface area contributed by atoms with Crippen molar-refractivity contribution in [1.82, 2.24) is 4.57 Å². The van der Waals surface area contributed by atoms with Crippen molar-refractivity contribution in [3.63, 3.8) is 0 Å². The van der Waals surface area contributed by atoms with Crippen LogP contribution in [0.4, 0.5) is 14.5 Å². The van der Waals surface area contributed by atoms with Gasteiger partial charge in [-0.25, -0.2) is 0 Å². The summed E-state index contributed by atoms with van der Waals surface area (Å²) >= 11 is 0. The number of halogens is 2. The third-order valence-corrected chi connectivity index (χ3v) is 6.60. The molecule has 0 aliphatic heterocycles. The molecule has 39 heavy (non-hydrogen) atoms. The zero-order valence-electron chi connectivity index (χ0n) is 21.7. The minimum absolute atomic E-state index is 0.0967. The van der Waals surface area contributed by atoms with Gasteiger partial charge in [0.15, 0.2) is 13.2 Å². The van der Waals surface area contributed by atoms with Crippen molar-refractivity contribution in [1.29, 1.82) is 0 Å². The number of nitrogens with one attached hydrogen (secondary N) is 1. The summed E-state index contributed by atoms with van der Waals surface area (Å²) < 4.78 is 44.5. The number of anilines is 1. The van der Waals surface area contributed by atoms with Gasteiger partial charge in [0.25, 0.3) is 0 Å². The summed E-state index contributed by atoms with van der Waals surface area (Å²) in [5.41, 5.74) is 3.68. The fourth-order valence-electron chi connectivity index (χ4n) is 4.75. The Kier molecular flexibility index (Phi) is 7.49. The highest BCUT2D eigenvalue weighted by atomic mass is 31.0. The van der Waals surface area contributed by atoms with Gasteiger partial charge in [-0.15, -0.1) is 0 Å². The molecule has 2 atom stereocenters. The number of aromatic nitrogens is 1. The van der Waals surface area contributed by atoms with Crippen LogP contribution in [0.2, 0.25) is 6.82 Å². The van der Waals surface area contributed by atoms with Gasteiger partial charge in [-0.2, -0.15) is 8.78 Å². The van der Waals surface area contributed by atoms with Gasteiger partial charge >= 0.3 is 5.85 Å². The molecule has 198 valence electrons. The van der Waals surface area contributed by atoms with Crippen LogP contribution in [0.3, 0.4) is 0 Å². The molecule has 0 aliphatic rings. The average Bonchev–Trinajstić information content (AvgIpc) is 3.36. The van der Waals surface area contributed by atoms with Crippen molar-refractivity contribution in [3.8, 4) is 17.2 Å². The van der Waals surface area contributed by atoms with Gasteiger partial charge in [0.1, 0.15) is 11.5 Å². The molecule has 5 rings (SSSR count). The van der Waals surface area contributed by atoms with Crippen molar-refractivity contribution in [2.75, 3.05) is 12.4 Å². The Hall–Kier alpha value is -4.03. The Balaban J connectivity index is 1.35. The summed E-state index contributed by atoms with van der Waals surface area (Å²) in [5.74, 6) is -1.98.